The van der Waals surface area contributed by atoms with Crippen LogP contribution in [0.25, 0.3) is 0 Å². The maximum atomic E-state index is 14.1. The second-order valence-corrected chi connectivity index (χ2v) is 12.8. The predicted molar refractivity (Wildman–Crippen MR) is 169 cm³/mol. The summed E-state index contributed by atoms with van der Waals surface area (Å²) >= 11 is 1.71. The average molecular weight is 701 g/mol. The summed E-state index contributed by atoms with van der Waals surface area (Å²) in [6, 6.07) is 13.9. The third-order valence-electron chi connectivity index (χ3n) is 7.91. The number of aromatic nitrogens is 1. The Labute approximate surface area is 277 Å². The van der Waals surface area contributed by atoms with E-state index in [1.165, 1.54) is 44.6 Å². The zero-order chi connectivity index (χ0) is 34.5. The maximum Gasteiger partial charge on any atom is 0.416 e. The number of ether oxygens (including phenoxy) is 2. The van der Waals surface area contributed by atoms with Gasteiger partial charge in [0.2, 0.25) is 17.7 Å². The highest BCUT2D eigenvalue weighted by atomic mass is 32.2. The summed E-state index contributed by atoms with van der Waals surface area (Å²) in [6.45, 7) is -0.585. The fourth-order valence-electron chi connectivity index (χ4n) is 5.76. The molecule has 0 aliphatic carbocycles. The van der Waals surface area contributed by atoms with E-state index in [-0.39, 0.29) is 22.1 Å². The molecule has 3 amide bonds. The number of benzene rings is 3. The number of carbonyl (C=O) groups excluding carboxylic acids is 3. The van der Waals surface area contributed by atoms with Crippen molar-refractivity contribution in [2.24, 2.45) is 5.92 Å². The number of nitrogens with one attached hydrogen (secondary N) is 1. The summed E-state index contributed by atoms with van der Waals surface area (Å²) < 4.78 is 51.6. The molecule has 2 aliphatic heterocycles. The van der Waals surface area contributed by atoms with E-state index in [0.717, 1.165) is 50.8 Å². The highest BCUT2D eigenvalue weighted by Crippen LogP contribution is 2.54. The first-order valence-electron chi connectivity index (χ1n) is 14.0. The van der Waals surface area contributed by atoms with E-state index in [1.54, 1.807) is 18.2 Å². The summed E-state index contributed by atoms with van der Waals surface area (Å²) in [7, 11) is 2.87. The predicted octanol–water partition coefficient (Wildman–Crippen LogP) is 5.29. The highest BCUT2D eigenvalue weighted by Gasteiger charge is 2.57. The van der Waals surface area contributed by atoms with E-state index in [4.69, 9.17) is 9.47 Å². The van der Waals surface area contributed by atoms with Gasteiger partial charge in [0.15, 0.2) is 11.5 Å². The molecular formula is C31H23F3N4O8S2. The van der Waals surface area contributed by atoms with E-state index in [2.05, 4.69) is 5.32 Å². The lowest BCUT2D eigenvalue weighted by atomic mass is 9.83. The summed E-state index contributed by atoms with van der Waals surface area (Å²) in [5.74, 6) is -3.18. The first kappa shape index (κ1) is 32.8. The number of thioether (sulfide) groups is 1. The largest absolute Gasteiger partial charge is 0.493 e. The van der Waals surface area contributed by atoms with Gasteiger partial charge in [0.25, 0.3) is 5.69 Å². The molecule has 0 radical (unpaired) electrons. The fourth-order valence-corrected chi connectivity index (χ4v) is 8.53. The van der Waals surface area contributed by atoms with E-state index in [1.807, 2.05) is 0 Å². The van der Waals surface area contributed by atoms with E-state index >= 15 is 0 Å². The van der Waals surface area contributed by atoms with Gasteiger partial charge in [-0.3, -0.25) is 33.9 Å². The molecule has 3 heterocycles. The van der Waals surface area contributed by atoms with Crippen LogP contribution in [-0.4, -0.2) is 46.7 Å². The van der Waals surface area contributed by atoms with Crippen molar-refractivity contribution in [1.82, 2.24) is 4.57 Å². The SMILES string of the molecule is COc1ccc([C@@H]2c3sc(=O)n(CC(=O)Nc4cccc(C(F)(F)F)c4)c3S[C@H]3C(=O)N(c4ccc([N+](=O)[O-])cc4)C(=O)[C@@H]23)cc1OC. The number of amides is 3. The Kier molecular flexibility index (Phi) is 8.51. The molecule has 3 atom stereocenters. The molecule has 0 spiro atoms. The zero-order valence-corrected chi connectivity index (χ0v) is 26.5. The number of alkyl halides is 3. The number of non-ortho nitro benzene ring substituents is 1. The molecule has 248 valence electrons. The van der Waals surface area contributed by atoms with Gasteiger partial charge < -0.3 is 14.8 Å². The third-order valence-corrected chi connectivity index (χ3v) is 10.5. The van der Waals surface area contributed by atoms with Crippen molar-refractivity contribution in [2.75, 3.05) is 24.4 Å². The van der Waals surface area contributed by atoms with Crippen LogP contribution in [0, 0.1) is 16.0 Å². The van der Waals surface area contributed by atoms with Crippen LogP contribution in [0.5, 0.6) is 11.5 Å². The molecule has 17 heteroatoms. The minimum atomic E-state index is -4.63. The summed E-state index contributed by atoms with van der Waals surface area (Å²) in [4.78, 5) is 65.8. The van der Waals surface area contributed by atoms with Gasteiger partial charge in [-0.2, -0.15) is 13.2 Å². The first-order valence-corrected chi connectivity index (χ1v) is 15.7. The van der Waals surface area contributed by atoms with Crippen LogP contribution in [0.2, 0.25) is 0 Å². The summed E-state index contributed by atoms with van der Waals surface area (Å²) in [6.07, 6.45) is -4.63. The number of rotatable bonds is 8. The van der Waals surface area contributed by atoms with Crippen molar-refractivity contribution < 1.29 is 42.0 Å². The van der Waals surface area contributed by atoms with Crippen LogP contribution in [0.15, 0.2) is 76.6 Å². The lowest BCUT2D eigenvalue weighted by Gasteiger charge is -2.31. The minimum Gasteiger partial charge on any atom is -0.493 e. The molecule has 12 nitrogen and oxygen atoms in total. The Bertz CT molecular complexity index is 2030. The van der Waals surface area contributed by atoms with Gasteiger partial charge in [-0.15, -0.1) is 0 Å². The lowest BCUT2D eigenvalue weighted by Crippen LogP contribution is -2.33. The number of nitro groups is 1. The molecule has 0 saturated carbocycles. The number of methoxy groups -OCH3 is 2. The van der Waals surface area contributed by atoms with Gasteiger partial charge in [-0.05, 0) is 48.0 Å². The monoisotopic (exact) mass is 700 g/mol. The van der Waals surface area contributed by atoms with Crippen LogP contribution in [0.1, 0.15) is 21.9 Å². The molecular weight excluding hydrogens is 677 g/mol. The zero-order valence-electron chi connectivity index (χ0n) is 24.8. The molecule has 3 aromatic carbocycles. The molecule has 0 bridgehead atoms. The highest BCUT2D eigenvalue weighted by molar-refractivity contribution is 8.00. The van der Waals surface area contributed by atoms with Crippen LogP contribution in [0.3, 0.4) is 0 Å². The fraction of sp³-hybridized carbons (Fsp3) is 0.226. The number of hydrogen-bond donors (Lipinski definition) is 1. The number of carbonyl (C=O) groups is 3. The topological polar surface area (TPSA) is 150 Å². The lowest BCUT2D eigenvalue weighted by molar-refractivity contribution is -0.384. The number of anilines is 2. The molecule has 1 aromatic heterocycles. The number of nitrogens with zero attached hydrogens (tertiary/aromatic N) is 3. The van der Waals surface area contributed by atoms with E-state index < -0.39 is 62.9 Å². The molecule has 2 aliphatic rings. The van der Waals surface area contributed by atoms with Crippen LogP contribution < -0.4 is 24.6 Å². The van der Waals surface area contributed by atoms with Gasteiger partial charge >= 0.3 is 11.0 Å². The number of fused-ring (bicyclic) bond motifs is 2. The maximum absolute atomic E-state index is 14.1. The molecule has 1 fully saturated rings. The second kappa shape index (κ2) is 12.5. The number of thiazole rings is 1. The molecule has 1 saturated heterocycles. The Hall–Kier alpha value is -5.16. The average Bonchev–Trinajstić information content (AvgIpc) is 3.50. The van der Waals surface area contributed by atoms with Gasteiger partial charge in [0.1, 0.15) is 11.8 Å². The van der Waals surface area contributed by atoms with Crippen molar-refractivity contribution in [2.45, 2.75) is 28.9 Å². The number of nitro benzene ring substituents is 1. The van der Waals surface area contributed by atoms with Crippen molar-refractivity contribution in [3.63, 3.8) is 0 Å². The molecule has 48 heavy (non-hydrogen) atoms. The van der Waals surface area contributed by atoms with Crippen LogP contribution >= 0.6 is 23.1 Å². The smallest absolute Gasteiger partial charge is 0.416 e. The van der Waals surface area contributed by atoms with Crippen molar-refractivity contribution in [3.8, 4) is 11.5 Å². The van der Waals surface area contributed by atoms with Gasteiger partial charge in [-0.25, -0.2) is 4.90 Å². The molecule has 6 rings (SSSR count). The molecule has 4 aromatic rings. The number of hydrogen-bond acceptors (Lipinski definition) is 10. The Balaban J connectivity index is 1.40. The van der Waals surface area contributed by atoms with Crippen molar-refractivity contribution in [3.05, 3.63) is 103 Å². The summed E-state index contributed by atoms with van der Waals surface area (Å²) in [5, 5.41) is 12.8. The van der Waals surface area contributed by atoms with Crippen LogP contribution in [-0.2, 0) is 27.1 Å². The normalized spacial score (nSPS) is 18.7. The van der Waals surface area contributed by atoms with Gasteiger partial charge in [-0.1, -0.05) is 35.2 Å². The standard InChI is InChI=1S/C31H23F3N4O8S2/c1-45-20-11-6-15(12-21(20)46-2)23-24-25(28(41)37(27(24)40)18-7-9-19(10-8-18)38(43)44)47-29-26(23)48-30(42)36(29)14-22(39)35-17-5-3-4-16(13-17)31(32,33)34/h3-13,23-25H,14H2,1-2H3,(H,35,39)/t23-,24-,25+/m0/s1. The van der Waals surface area contributed by atoms with Crippen LogP contribution in [0.4, 0.5) is 30.2 Å². The Morgan fingerprint density at radius 2 is 1.69 bits per heavy atom. The molecule has 1 N–H and O–H groups in total. The molecule has 0 unspecified atom stereocenters. The number of halogens is 3. The first-order chi connectivity index (χ1) is 22.8. The minimum absolute atomic E-state index is 0.123. The Morgan fingerprint density at radius 3 is 2.33 bits per heavy atom. The van der Waals surface area contributed by atoms with E-state index in [0.29, 0.717) is 21.9 Å². The van der Waals surface area contributed by atoms with Gasteiger partial charge in [0.05, 0.1) is 41.3 Å². The van der Waals surface area contributed by atoms with E-state index in [9.17, 15) is 42.5 Å². The van der Waals surface area contributed by atoms with Crippen molar-refractivity contribution in [1.29, 1.82) is 0 Å². The summed E-state index contributed by atoms with van der Waals surface area (Å²) in [5.41, 5.74) is -0.692. The number of imide groups is 1. The Morgan fingerprint density at radius 1 is 0.979 bits per heavy atom. The second-order valence-electron chi connectivity index (χ2n) is 10.7. The van der Waals surface area contributed by atoms with Crippen molar-refractivity contribution >= 4 is 57.9 Å². The quantitative estimate of drug-likeness (QED) is 0.147. The van der Waals surface area contributed by atoms with Gasteiger partial charge in [0, 0.05) is 28.6 Å². The third kappa shape index (κ3) is 5.79.